The fourth-order valence-corrected chi connectivity index (χ4v) is 3.27. The summed E-state index contributed by atoms with van der Waals surface area (Å²) in [5, 5.41) is 6.14. The van der Waals surface area contributed by atoms with Crippen LogP contribution >= 0.6 is 0 Å². The summed E-state index contributed by atoms with van der Waals surface area (Å²) in [4.78, 5) is 26.5. The monoisotopic (exact) mass is 329 g/mol. The van der Waals surface area contributed by atoms with Crippen molar-refractivity contribution in [1.82, 2.24) is 10.2 Å². The summed E-state index contributed by atoms with van der Waals surface area (Å²) < 4.78 is 0. The Morgan fingerprint density at radius 3 is 2.50 bits per heavy atom. The van der Waals surface area contributed by atoms with E-state index in [0.29, 0.717) is 19.1 Å². The van der Waals surface area contributed by atoms with Crippen LogP contribution in [0.1, 0.15) is 43.7 Å². The Labute approximate surface area is 143 Å². The zero-order chi connectivity index (χ0) is 17.1. The molecule has 5 heteroatoms. The number of piperidine rings is 1. The van der Waals surface area contributed by atoms with Crippen LogP contribution in [-0.4, -0.2) is 36.0 Å². The highest BCUT2D eigenvalue weighted by molar-refractivity contribution is 5.94. The third kappa shape index (κ3) is 3.89. The first-order valence-electron chi connectivity index (χ1n) is 9.03. The van der Waals surface area contributed by atoms with Crippen LogP contribution < -0.4 is 10.6 Å². The maximum absolute atomic E-state index is 12.6. The number of rotatable bonds is 4. The Morgan fingerprint density at radius 2 is 1.88 bits per heavy atom. The second-order valence-corrected chi connectivity index (χ2v) is 6.94. The fourth-order valence-electron chi connectivity index (χ4n) is 3.27. The third-order valence-electron chi connectivity index (χ3n) is 5.05. The molecule has 1 saturated heterocycles. The van der Waals surface area contributed by atoms with Crippen LogP contribution in [0, 0.1) is 12.8 Å². The van der Waals surface area contributed by atoms with Crippen LogP contribution in [0.3, 0.4) is 0 Å². The van der Waals surface area contributed by atoms with Crippen LogP contribution in [0.5, 0.6) is 0 Å². The summed E-state index contributed by atoms with van der Waals surface area (Å²) in [5.41, 5.74) is 3.23. The summed E-state index contributed by atoms with van der Waals surface area (Å²) in [5.74, 6) is 0.0699. The third-order valence-corrected chi connectivity index (χ3v) is 5.05. The van der Waals surface area contributed by atoms with E-state index in [4.69, 9.17) is 0 Å². The molecule has 0 bridgehead atoms. The second kappa shape index (κ2) is 7.24. The van der Waals surface area contributed by atoms with Crippen molar-refractivity contribution in [1.29, 1.82) is 0 Å². The lowest BCUT2D eigenvalue weighted by Crippen LogP contribution is -2.46. The maximum Gasteiger partial charge on any atom is 0.317 e. The summed E-state index contributed by atoms with van der Waals surface area (Å²) in [6.07, 6.45) is 4.56. The first-order valence-corrected chi connectivity index (χ1v) is 9.03. The minimum absolute atomic E-state index is 0.0145. The van der Waals surface area contributed by atoms with E-state index in [-0.39, 0.29) is 17.9 Å². The van der Waals surface area contributed by atoms with Crippen molar-refractivity contribution >= 4 is 17.6 Å². The van der Waals surface area contributed by atoms with E-state index in [9.17, 15) is 9.59 Å². The summed E-state index contributed by atoms with van der Waals surface area (Å²) >= 11 is 0. The molecule has 3 rings (SSSR count). The number of likely N-dealkylation sites (tertiary alicyclic amines) is 1. The van der Waals surface area contributed by atoms with E-state index in [1.54, 1.807) is 0 Å². The smallest absolute Gasteiger partial charge is 0.317 e. The number of anilines is 1. The van der Waals surface area contributed by atoms with Gasteiger partial charge in [-0.3, -0.25) is 4.79 Å². The molecular formula is C19H27N3O2. The Balaban J connectivity index is 1.54. The van der Waals surface area contributed by atoms with Gasteiger partial charge in [-0.25, -0.2) is 4.79 Å². The summed E-state index contributed by atoms with van der Waals surface area (Å²) in [6.45, 7) is 5.44. The van der Waals surface area contributed by atoms with Crippen LogP contribution in [0.25, 0.3) is 0 Å². The van der Waals surface area contributed by atoms with Gasteiger partial charge < -0.3 is 15.5 Å². The zero-order valence-corrected chi connectivity index (χ0v) is 14.6. The number of nitrogens with zero attached hydrogens (tertiary/aromatic N) is 1. The van der Waals surface area contributed by atoms with Crippen LogP contribution in [0.15, 0.2) is 18.2 Å². The number of aryl methyl sites for hydroxylation is 2. The number of nitrogens with one attached hydrogen (secondary N) is 2. The molecule has 24 heavy (non-hydrogen) atoms. The molecule has 1 aromatic carbocycles. The van der Waals surface area contributed by atoms with Gasteiger partial charge in [0.25, 0.3) is 0 Å². The van der Waals surface area contributed by atoms with Gasteiger partial charge in [0.1, 0.15) is 0 Å². The van der Waals surface area contributed by atoms with Gasteiger partial charge in [0.2, 0.25) is 5.91 Å². The highest BCUT2D eigenvalue weighted by Gasteiger charge is 2.30. The SMILES string of the molecule is CCc1cccc(C)c1NC(=O)C1CCN(C(=O)NC2CC2)CC1. The van der Waals surface area contributed by atoms with Gasteiger partial charge in [0.05, 0.1) is 0 Å². The highest BCUT2D eigenvalue weighted by atomic mass is 16.2. The van der Waals surface area contributed by atoms with Crippen LogP contribution in [0.2, 0.25) is 0 Å². The lowest BCUT2D eigenvalue weighted by Gasteiger charge is -2.31. The molecule has 0 aromatic heterocycles. The Hall–Kier alpha value is -2.04. The van der Waals surface area contributed by atoms with E-state index >= 15 is 0 Å². The minimum Gasteiger partial charge on any atom is -0.335 e. The Bertz CT molecular complexity index is 617. The molecule has 0 atom stereocenters. The van der Waals surface area contributed by atoms with Gasteiger partial charge in [0.15, 0.2) is 0 Å². The van der Waals surface area contributed by atoms with Gasteiger partial charge in [0, 0.05) is 30.7 Å². The van der Waals surface area contributed by atoms with Crippen molar-refractivity contribution in [3.63, 3.8) is 0 Å². The number of hydrogen-bond acceptors (Lipinski definition) is 2. The molecular weight excluding hydrogens is 302 g/mol. The molecule has 1 heterocycles. The highest BCUT2D eigenvalue weighted by Crippen LogP contribution is 2.25. The Morgan fingerprint density at radius 1 is 1.17 bits per heavy atom. The van der Waals surface area contributed by atoms with E-state index < -0.39 is 0 Å². The number of urea groups is 1. The van der Waals surface area contributed by atoms with E-state index in [1.165, 1.54) is 5.56 Å². The number of amides is 3. The lowest BCUT2D eigenvalue weighted by molar-refractivity contribution is -0.121. The predicted molar refractivity (Wildman–Crippen MR) is 95.0 cm³/mol. The first kappa shape index (κ1) is 16.8. The number of benzene rings is 1. The molecule has 130 valence electrons. The van der Waals surface area contributed by atoms with Crippen LogP contribution in [0.4, 0.5) is 10.5 Å². The van der Waals surface area contributed by atoms with Gasteiger partial charge in [-0.05, 0) is 50.2 Å². The fraction of sp³-hybridized carbons (Fsp3) is 0.579. The van der Waals surface area contributed by atoms with Crippen LogP contribution in [-0.2, 0) is 11.2 Å². The first-order chi connectivity index (χ1) is 11.6. The van der Waals surface area contributed by atoms with Gasteiger partial charge in [-0.2, -0.15) is 0 Å². The topological polar surface area (TPSA) is 61.4 Å². The van der Waals surface area contributed by atoms with Crippen molar-refractivity contribution in [2.75, 3.05) is 18.4 Å². The predicted octanol–water partition coefficient (Wildman–Crippen LogP) is 3.08. The quantitative estimate of drug-likeness (QED) is 0.892. The average Bonchev–Trinajstić information content (AvgIpc) is 3.40. The molecule has 5 nitrogen and oxygen atoms in total. The number of hydrogen-bond donors (Lipinski definition) is 2. The number of carbonyl (C=O) groups is 2. The molecule has 2 fully saturated rings. The molecule has 1 aliphatic carbocycles. The minimum atomic E-state index is -0.0145. The maximum atomic E-state index is 12.6. The molecule has 2 N–H and O–H groups in total. The average molecular weight is 329 g/mol. The lowest BCUT2D eigenvalue weighted by atomic mass is 9.95. The largest absolute Gasteiger partial charge is 0.335 e. The molecule has 1 aliphatic heterocycles. The zero-order valence-electron chi connectivity index (χ0n) is 14.6. The molecule has 0 unspecified atom stereocenters. The normalized spacial score (nSPS) is 18.3. The molecule has 0 radical (unpaired) electrons. The molecule has 2 aliphatic rings. The number of carbonyl (C=O) groups excluding carboxylic acids is 2. The molecule has 1 aromatic rings. The van der Waals surface area contributed by atoms with Crippen molar-refractivity contribution in [3.8, 4) is 0 Å². The summed E-state index contributed by atoms with van der Waals surface area (Å²) in [6, 6.07) is 6.53. The van der Waals surface area contributed by atoms with E-state index in [0.717, 1.165) is 43.4 Å². The summed E-state index contributed by atoms with van der Waals surface area (Å²) in [7, 11) is 0. The number of para-hydroxylation sites is 1. The van der Waals surface area contributed by atoms with E-state index in [2.05, 4.69) is 23.6 Å². The molecule has 0 spiro atoms. The van der Waals surface area contributed by atoms with Gasteiger partial charge in [-0.15, -0.1) is 0 Å². The Kier molecular flexibility index (Phi) is 5.07. The van der Waals surface area contributed by atoms with Crippen molar-refractivity contribution in [2.24, 2.45) is 5.92 Å². The van der Waals surface area contributed by atoms with Gasteiger partial charge in [-0.1, -0.05) is 25.1 Å². The van der Waals surface area contributed by atoms with Crippen molar-refractivity contribution in [3.05, 3.63) is 29.3 Å². The van der Waals surface area contributed by atoms with Gasteiger partial charge >= 0.3 is 6.03 Å². The second-order valence-electron chi connectivity index (χ2n) is 6.94. The van der Waals surface area contributed by atoms with Crippen molar-refractivity contribution < 1.29 is 9.59 Å². The standard InChI is InChI=1S/C19H27N3O2/c1-3-14-6-4-5-13(2)17(14)21-18(23)15-9-11-22(12-10-15)19(24)20-16-7-8-16/h4-6,15-16H,3,7-12H2,1-2H3,(H,20,24)(H,21,23). The van der Waals surface area contributed by atoms with Crippen molar-refractivity contribution in [2.45, 2.75) is 52.0 Å². The molecule has 1 saturated carbocycles. The molecule has 3 amide bonds. The van der Waals surface area contributed by atoms with E-state index in [1.807, 2.05) is 24.0 Å².